The number of hydrogen-bond acceptors (Lipinski definition) is 3. The third kappa shape index (κ3) is 7.55. The molecule has 0 saturated carbocycles. The normalized spacial score (nSPS) is 12.8. The molecule has 5 aromatic carbocycles. The minimum atomic E-state index is 0.384. The van der Waals surface area contributed by atoms with Gasteiger partial charge < -0.3 is 11.5 Å². The minimum absolute atomic E-state index is 0.384. The van der Waals surface area contributed by atoms with Crippen LogP contribution in [-0.2, 0) is 13.1 Å². The summed E-state index contributed by atoms with van der Waals surface area (Å²) in [4.78, 5) is 14.8. The molecule has 42 heavy (non-hydrogen) atoms. The fourth-order valence-corrected chi connectivity index (χ4v) is 4.46. The lowest BCUT2D eigenvalue weighted by Gasteiger charge is -2.11. The second-order valence-electron chi connectivity index (χ2n) is 9.68. The molecule has 0 heterocycles. The lowest BCUT2D eigenvalue weighted by molar-refractivity contribution is 1.04. The summed E-state index contributed by atoms with van der Waals surface area (Å²) in [5, 5.41) is 0. The molecule has 0 aliphatic carbocycles. The molecule has 5 aromatic rings. The molecule has 5 heteroatoms. The van der Waals surface area contributed by atoms with E-state index in [0.29, 0.717) is 30.5 Å². The van der Waals surface area contributed by atoms with Crippen molar-refractivity contribution in [2.24, 2.45) is 26.4 Å². The first-order valence-corrected chi connectivity index (χ1v) is 13.9. The van der Waals surface area contributed by atoms with Crippen LogP contribution in [0, 0.1) is 0 Å². The Morgan fingerprint density at radius 2 is 1.05 bits per heavy atom. The Hall–Kier alpha value is -5.55. The molecule has 0 aromatic heterocycles. The van der Waals surface area contributed by atoms with E-state index < -0.39 is 0 Å². The molecule has 0 radical (unpaired) electrons. The predicted octanol–water partition coefficient (Wildman–Crippen LogP) is 7.03. The molecule has 0 unspecified atom stereocenters. The number of rotatable bonds is 9. The van der Waals surface area contributed by atoms with Crippen molar-refractivity contribution in [1.82, 2.24) is 0 Å². The van der Waals surface area contributed by atoms with Gasteiger partial charge in [-0.1, -0.05) is 146 Å². The average molecular weight is 548 g/mol. The second-order valence-corrected chi connectivity index (χ2v) is 9.68. The third-order valence-corrected chi connectivity index (χ3v) is 6.69. The Labute approximate surface area is 247 Å². The molecule has 0 bridgehead atoms. The Morgan fingerprint density at radius 1 is 0.524 bits per heavy atom. The van der Waals surface area contributed by atoms with Crippen LogP contribution in [0.15, 0.2) is 167 Å². The Kier molecular flexibility index (Phi) is 9.46. The van der Waals surface area contributed by atoms with E-state index in [-0.39, 0.29) is 0 Å². The molecule has 0 amide bonds. The van der Waals surface area contributed by atoms with Gasteiger partial charge in [0.05, 0.1) is 18.8 Å². The summed E-state index contributed by atoms with van der Waals surface area (Å²) in [6.07, 6.45) is 1.95. The van der Waals surface area contributed by atoms with E-state index in [1.54, 1.807) is 0 Å². The zero-order valence-corrected chi connectivity index (χ0v) is 23.3. The van der Waals surface area contributed by atoms with Crippen molar-refractivity contribution >= 4 is 23.1 Å². The largest absolute Gasteiger partial charge is 0.398 e. The van der Waals surface area contributed by atoms with E-state index in [2.05, 4.69) is 24.3 Å². The molecular weight excluding hydrogens is 514 g/mol. The summed E-state index contributed by atoms with van der Waals surface area (Å²) < 4.78 is 0. The van der Waals surface area contributed by atoms with Crippen molar-refractivity contribution in [3.05, 3.63) is 185 Å². The van der Waals surface area contributed by atoms with Gasteiger partial charge in [-0.25, -0.2) is 4.99 Å². The highest BCUT2D eigenvalue weighted by Crippen LogP contribution is 2.18. The molecule has 5 rings (SSSR count). The zero-order chi connectivity index (χ0) is 29.0. The van der Waals surface area contributed by atoms with Gasteiger partial charge in [0.2, 0.25) is 0 Å². The van der Waals surface area contributed by atoms with Crippen LogP contribution in [0.5, 0.6) is 0 Å². The van der Waals surface area contributed by atoms with E-state index in [1.165, 1.54) is 0 Å². The first-order valence-electron chi connectivity index (χ1n) is 13.9. The maximum atomic E-state index is 6.58. The molecule has 0 aliphatic rings. The molecular formula is C37H33N5. The summed E-state index contributed by atoms with van der Waals surface area (Å²) in [5.74, 6) is 0.976. The van der Waals surface area contributed by atoms with Crippen molar-refractivity contribution < 1.29 is 0 Å². The maximum Gasteiger partial charge on any atom is 0.157 e. The van der Waals surface area contributed by atoms with Gasteiger partial charge in [-0.2, -0.15) is 0 Å². The van der Waals surface area contributed by atoms with Gasteiger partial charge >= 0.3 is 0 Å². The molecule has 5 nitrogen and oxygen atoms in total. The van der Waals surface area contributed by atoms with Crippen molar-refractivity contribution in [3.8, 4) is 0 Å². The lowest BCUT2D eigenvalue weighted by Crippen LogP contribution is -2.16. The van der Waals surface area contributed by atoms with Gasteiger partial charge in [-0.3, -0.25) is 9.98 Å². The summed E-state index contributed by atoms with van der Waals surface area (Å²) in [6.45, 7) is 0.912. The Bertz CT molecular complexity index is 1710. The van der Waals surface area contributed by atoms with Crippen LogP contribution in [0.25, 0.3) is 5.70 Å². The lowest BCUT2D eigenvalue weighted by atomic mass is 10.0. The SMILES string of the molecule is NC(=NC(=NCc1ccccc1C(/C=C(\N)c1ccccc1)=NCc1ccccc1)c1ccccc1)c1ccccc1. The quantitative estimate of drug-likeness (QED) is 0.153. The van der Waals surface area contributed by atoms with Gasteiger partial charge in [0.25, 0.3) is 0 Å². The second kappa shape index (κ2) is 14.2. The Balaban J connectivity index is 1.54. The van der Waals surface area contributed by atoms with Crippen molar-refractivity contribution in [2.75, 3.05) is 0 Å². The van der Waals surface area contributed by atoms with E-state index in [9.17, 15) is 0 Å². The predicted molar refractivity (Wildman–Crippen MR) is 176 cm³/mol. The fraction of sp³-hybridized carbons (Fsp3) is 0.0541. The van der Waals surface area contributed by atoms with Crippen molar-refractivity contribution in [1.29, 1.82) is 0 Å². The number of allylic oxidation sites excluding steroid dienone is 1. The molecule has 4 N–H and O–H groups in total. The van der Waals surface area contributed by atoms with Crippen molar-refractivity contribution in [2.45, 2.75) is 13.1 Å². The number of amidine groups is 2. The van der Waals surface area contributed by atoms with Crippen molar-refractivity contribution in [3.63, 3.8) is 0 Å². The van der Waals surface area contributed by atoms with Gasteiger partial charge in [-0.05, 0) is 22.8 Å². The van der Waals surface area contributed by atoms with Gasteiger partial charge in [0.15, 0.2) is 5.84 Å². The van der Waals surface area contributed by atoms with Gasteiger partial charge in [0, 0.05) is 22.4 Å². The fourth-order valence-electron chi connectivity index (χ4n) is 4.46. The summed E-state index contributed by atoms with van der Waals surface area (Å²) >= 11 is 0. The number of nitrogens with two attached hydrogens (primary N) is 2. The highest BCUT2D eigenvalue weighted by Gasteiger charge is 2.11. The van der Waals surface area contributed by atoms with Gasteiger partial charge in [-0.15, -0.1) is 0 Å². The smallest absolute Gasteiger partial charge is 0.157 e. The van der Waals surface area contributed by atoms with Crippen LogP contribution >= 0.6 is 0 Å². The maximum absolute atomic E-state index is 6.58. The summed E-state index contributed by atoms with van der Waals surface area (Å²) in [6, 6.07) is 47.9. The first-order chi connectivity index (χ1) is 20.7. The molecule has 206 valence electrons. The Morgan fingerprint density at radius 3 is 1.69 bits per heavy atom. The summed E-state index contributed by atoms with van der Waals surface area (Å²) in [7, 11) is 0. The molecule has 0 aliphatic heterocycles. The molecule has 0 saturated heterocycles. The van der Waals surface area contributed by atoms with Crippen LogP contribution in [0.1, 0.15) is 33.4 Å². The summed E-state index contributed by atoms with van der Waals surface area (Å²) in [5.41, 5.74) is 20.2. The van der Waals surface area contributed by atoms with Crippen LogP contribution in [0.4, 0.5) is 0 Å². The van der Waals surface area contributed by atoms with Crippen LogP contribution in [0.2, 0.25) is 0 Å². The van der Waals surface area contributed by atoms with Crippen LogP contribution in [0.3, 0.4) is 0 Å². The van der Waals surface area contributed by atoms with E-state index >= 15 is 0 Å². The molecule has 0 spiro atoms. The number of hydrogen-bond donors (Lipinski definition) is 2. The number of aliphatic imine (C=N–C) groups is 3. The van der Waals surface area contributed by atoms with Crippen LogP contribution in [-0.4, -0.2) is 17.4 Å². The van der Waals surface area contributed by atoms with Gasteiger partial charge in [0.1, 0.15) is 5.84 Å². The topological polar surface area (TPSA) is 89.1 Å². The average Bonchev–Trinajstić information content (AvgIpc) is 3.06. The monoisotopic (exact) mass is 547 g/mol. The molecule has 0 fully saturated rings. The van der Waals surface area contributed by atoms with E-state index in [4.69, 9.17) is 26.4 Å². The third-order valence-electron chi connectivity index (χ3n) is 6.69. The first kappa shape index (κ1) is 28.0. The zero-order valence-electron chi connectivity index (χ0n) is 23.3. The minimum Gasteiger partial charge on any atom is -0.398 e. The van der Waals surface area contributed by atoms with Crippen LogP contribution < -0.4 is 11.5 Å². The highest BCUT2D eigenvalue weighted by molar-refractivity contribution is 6.13. The number of benzene rings is 5. The highest BCUT2D eigenvalue weighted by atomic mass is 15.0. The van der Waals surface area contributed by atoms with E-state index in [1.807, 2.05) is 127 Å². The number of nitrogens with zero attached hydrogens (tertiary/aromatic N) is 3. The molecule has 0 atom stereocenters. The standard InChI is InChI=1S/C37H33N5/c38-34(29-17-7-2-8-18-29)25-35(40-26-28-15-5-1-6-16-28)33-24-14-13-23-32(33)27-41-37(31-21-11-4-12-22-31)42-36(39)30-19-9-3-10-20-30/h1-25H,26-27,38H2,(H2,39,41,42)/b34-25-,40-35?. The van der Waals surface area contributed by atoms with E-state index in [0.717, 1.165) is 39.1 Å².